The number of hydrogen-bond acceptors (Lipinski definition) is 9. The number of ether oxygens (including phenoxy) is 1. The van der Waals surface area contributed by atoms with E-state index in [2.05, 4.69) is 16.3 Å². The number of anilines is 1. The molecule has 0 saturated carbocycles. The van der Waals surface area contributed by atoms with E-state index in [1.165, 1.54) is 25.3 Å². The third-order valence-corrected chi connectivity index (χ3v) is 8.19. The molecule has 1 amide bonds. The summed E-state index contributed by atoms with van der Waals surface area (Å²) in [6.07, 6.45) is 4.23. The van der Waals surface area contributed by atoms with Crippen molar-refractivity contribution in [3.8, 4) is 45.9 Å². The Labute approximate surface area is 266 Å². The Morgan fingerprint density at radius 2 is 1.76 bits per heavy atom. The number of pyridine rings is 1. The molecule has 10 nitrogen and oxygen atoms in total. The quantitative estimate of drug-likeness (QED) is 0.144. The predicted octanol–water partition coefficient (Wildman–Crippen LogP) is 4.86. The minimum absolute atomic E-state index is 0.0850. The number of rotatable bonds is 10. The highest BCUT2D eigenvalue weighted by Crippen LogP contribution is 2.41. The lowest BCUT2D eigenvalue weighted by molar-refractivity contribution is -0.128. The van der Waals surface area contributed by atoms with Gasteiger partial charge in [-0.15, -0.1) is 0 Å². The van der Waals surface area contributed by atoms with Gasteiger partial charge in [0.2, 0.25) is 5.91 Å². The standard InChI is InChI=1S/C35H33FN6O4/c1-46-32-9-8-24(18-31(32)43)29-21-40-35(28(20-38)34(29)25-6-7-26(19-37)30(36)17-25)42-14-11-27(12-15-42)39-13-10-22-2-4-23(5-3-22)16-33(44)41-45/h2-9,17-18,21,27,39,43,45H,10-16H2,1H3,(H,41,44). The minimum atomic E-state index is -0.692. The van der Waals surface area contributed by atoms with Gasteiger partial charge >= 0.3 is 0 Å². The zero-order chi connectivity index (χ0) is 32.6. The highest BCUT2D eigenvalue weighted by molar-refractivity contribution is 5.90. The summed E-state index contributed by atoms with van der Waals surface area (Å²) in [5, 5.41) is 42.5. The molecule has 4 N–H and O–H groups in total. The van der Waals surface area contributed by atoms with Gasteiger partial charge in [-0.1, -0.05) is 36.4 Å². The molecule has 1 aliphatic heterocycles. The van der Waals surface area contributed by atoms with E-state index in [-0.39, 0.29) is 29.3 Å². The number of nitrogens with zero attached hydrogens (tertiary/aromatic N) is 4. The largest absolute Gasteiger partial charge is 0.504 e. The molecular formula is C35H33FN6O4. The van der Waals surface area contributed by atoms with Crippen molar-refractivity contribution >= 4 is 11.7 Å². The fraction of sp³-hybridized carbons (Fsp3) is 0.257. The highest BCUT2D eigenvalue weighted by Gasteiger charge is 2.26. The first-order valence-corrected chi connectivity index (χ1v) is 14.8. The van der Waals surface area contributed by atoms with Crippen molar-refractivity contribution in [3.05, 3.63) is 94.9 Å². The van der Waals surface area contributed by atoms with Crippen molar-refractivity contribution < 1.29 is 24.2 Å². The summed E-state index contributed by atoms with van der Waals surface area (Å²) in [7, 11) is 1.45. The van der Waals surface area contributed by atoms with E-state index in [1.54, 1.807) is 29.9 Å². The SMILES string of the molecule is COc1ccc(-c2cnc(N3CCC(NCCc4ccc(CC(=O)NO)cc4)CC3)c(C#N)c2-c2ccc(C#N)c(F)c2)cc1O. The number of benzene rings is 3. The van der Waals surface area contributed by atoms with Crippen LogP contribution in [0.1, 0.15) is 35.1 Å². The third-order valence-electron chi connectivity index (χ3n) is 8.19. The maximum absolute atomic E-state index is 14.8. The highest BCUT2D eigenvalue weighted by atomic mass is 19.1. The first kappa shape index (κ1) is 31.9. The summed E-state index contributed by atoms with van der Waals surface area (Å²) in [6.45, 7) is 2.09. The van der Waals surface area contributed by atoms with Crippen LogP contribution in [0, 0.1) is 28.5 Å². The van der Waals surface area contributed by atoms with Crippen LogP contribution < -0.4 is 20.4 Å². The summed E-state index contributed by atoms with van der Waals surface area (Å²) in [6, 6.07) is 21.3. The van der Waals surface area contributed by atoms with Crippen LogP contribution in [-0.4, -0.2) is 54.0 Å². The number of nitrogens with one attached hydrogen (secondary N) is 2. The topological polar surface area (TPSA) is 155 Å². The molecule has 2 heterocycles. The molecule has 46 heavy (non-hydrogen) atoms. The average molecular weight is 621 g/mol. The molecular weight excluding hydrogens is 587 g/mol. The van der Waals surface area contributed by atoms with Gasteiger partial charge in [-0.3, -0.25) is 10.0 Å². The molecule has 0 atom stereocenters. The van der Waals surface area contributed by atoms with E-state index in [1.807, 2.05) is 30.3 Å². The number of phenolic OH excluding ortho intramolecular Hbond substituents is 1. The molecule has 5 rings (SSSR count). The zero-order valence-corrected chi connectivity index (χ0v) is 25.3. The number of phenols is 1. The molecule has 0 radical (unpaired) electrons. The Hall–Kier alpha value is -5.49. The summed E-state index contributed by atoms with van der Waals surface area (Å²) in [5.74, 6) is -0.442. The summed E-state index contributed by atoms with van der Waals surface area (Å²) in [4.78, 5) is 18.1. The van der Waals surface area contributed by atoms with Crippen LogP contribution in [0.3, 0.4) is 0 Å². The normalized spacial score (nSPS) is 13.1. The second kappa shape index (κ2) is 14.5. The molecule has 1 saturated heterocycles. The number of carbonyl (C=O) groups excluding carboxylic acids is 1. The van der Waals surface area contributed by atoms with Gasteiger partial charge in [0.15, 0.2) is 11.5 Å². The second-order valence-corrected chi connectivity index (χ2v) is 11.0. The number of carbonyl (C=O) groups is 1. The first-order valence-electron chi connectivity index (χ1n) is 14.8. The van der Waals surface area contributed by atoms with E-state index < -0.39 is 11.7 Å². The number of hydroxylamine groups is 1. The number of piperidine rings is 1. The number of nitriles is 2. The van der Waals surface area contributed by atoms with Crippen LogP contribution >= 0.6 is 0 Å². The van der Waals surface area contributed by atoms with Crippen LogP contribution in [0.15, 0.2) is 66.9 Å². The third kappa shape index (κ3) is 7.08. The lowest BCUT2D eigenvalue weighted by Gasteiger charge is -2.34. The molecule has 0 aliphatic carbocycles. The number of hydrogen-bond donors (Lipinski definition) is 4. The predicted molar refractivity (Wildman–Crippen MR) is 170 cm³/mol. The Morgan fingerprint density at radius 1 is 1.04 bits per heavy atom. The lowest BCUT2D eigenvalue weighted by atomic mass is 9.91. The van der Waals surface area contributed by atoms with E-state index in [9.17, 15) is 24.8 Å². The van der Waals surface area contributed by atoms with Crippen LogP contribution in [0.4, 0.5) is 10.2 Å². The van der Waals surface area contributed by atoms with Gasteiger partial charge < -0.3 is 20.1 Å². The Kier molecular flexibility index (Phi) is 10.1. The first-order chi connectivity index (χ1) is 22.3. The van der Waals surface area contributed by atoms with E-state index >= 15 is 0 Å². The number of amides is 1. The maximum Gasteiger partial charge on any atom is 0.247 e. The monoisotopic (exact) mass is 620 g/mol. The van der Waals surface area contributed by atoms with Gasteiger partial charge in [0, 0.05) is 36.5 Å². The molecule has 0 bridgehead atoms. The molecule has 11 heteroatoms. The van der Waals surface area contributed by atoms with Crippen molar-refractivity contribution in [2.24, 2.45) is 0 Å². The van der Waals surface area contributed by atoms with Crippen LogP contribution in [-0.2, 0) is 17.6 Å². The van der Waals surface area contributed by atoms with Crippen molar-refractivity contribution in [1.29, 1.82) is 10.5 Å². The van der Waals surface area contributed by atoms with Crippen molar-refractivity contribution in [2.75, 3.05) is 31.6 Å². The number of methoxy groups -OCH3 is 1. The number of aromatic nitrogens is 1. The number of aromatic hydroxyl groups is 1. The van der Waals surface area contributed by atoms with Crippen molar-refractivity contribution in [3.63, 3.8) is 0 Å². The summed E-state index contributed by atoms with van der Waals surface area (Å²) >= 11 is 0. The fourth-order valence-electron chi connectivity index (χ4n) is 5.75. The van der Waals surface area contributed by atoms with E-state index in [0.717, 1.165) is 36.9 Å². The second-order valence-electron chi connectivity index (χ2n) is 11.0. The van der Waals surface area contributed by atoms with Crippen molar-refractivity contribution in [2.45, 2.75) is 31.7 Å². The van der Waals surface area contributed by atoms with Crippen LogP contribution in [0.25, 0.3) is 22.3 Å². The molecule has 4 aromatic rings. The smallest absolute Gasteiger partial charge is 0.247 e. The van der Waals surface area contributed by atoms with Gasteiger partial charge in [0.25, 0.3) is 0 Å². The molecule has 0 spiro atoms. The Bertz CT molecular complexity index is 1810. The average Bonchev–Trinajstić information content (AvgIpc) is 3.08. The van der Waals surface area contributed by atoms with Crippen LogP contribution in [0.2, 0.25) is 0 Å². The summed E-state index contributed by atoms with van der Waals surface area (Å²) < 4.78 is 20.0. The molecule has 1 aromatic heterocycles. The van der Waals surface area contributed by atoms with Gasteiger partial charge in [0.05, 0.1) is 19.1 Å². The number of halogens is 1. The molecule has 3 aromatic carbocycles. The Morgan fingerprint density at radius 3 is 2.39 bits per heavy atom. The zero-order valence-electron chi connectivity index (χ0n) is 25.3. The van der Waals surface area contributed by atoms with Gasteiger partial charge in [-0.2, -0.15) is 10.5 Å². The van der Waals surface area contributed by atoms with Crippen molar-refractivity contribution in [1.82, 2.24) is 15.8 Å². The molecule has 234 valence electrons. The molecule has 0 unspecified atom stereocenters. The molecule has 1 aliphatic rings. The minimum Gasteiger partial charge on any atom is -0.504 e. The summed E-state index contributed by atoms with van der Waals surface area (Å²) in [5.41, 5.74) is 5.77. The Balaban J connectivity index is 1.33. The molecule has 1 fully saturated rings. The van der Waals surface area contributed by atoms with E-state index in [0.29, 0.717) is 46.9 Å². The van der Waals surface area contributed by atoms with Gasteiger partial charge in [-0.25, -0.2) is 14.9 Å². The van der Waals surface area contributed by atoms with Gasteiger partial charge in [-0.05, 0) is 72.3 Å². The fourth-order valence-corrected chi connectivity index (χ4v) is 5.75. The van der Waals surface area contributed by atoms with Crippen LogP contribution in [0.5, 0.6) is 11.5 Å². The van der Waals surface area contributed by atoms with Gasteiger partial charge in [0.1, 0.15) is 29.3 Å². The van der Waals surface area contributed by atoms with E-state index in [4.69, 9.17) is 14.9 Å². The lowest BCUT2D eigenvalue weighted by Crippen LogP contribution is -2.43. The maximum atomic E-state index is 14.8.